The molecule has 5 rings (SSSR count). The van der Waals surface area contributed by atoms with Gasteiger partial charge in [-0.2, -0.15) is 10.3 Å². The Morgan fingerprint density at radius 2 is 1.84 bits per heavy atom. The van der Waals surface area contributed by atoms with Gasteiger partial charge in [0.05, 0.1) is 42.4 Å². The highest BCUT2D eigenvalue weighted by atomic mass is 19.1. The molecule has 0 spiro atoms. The maximum absolute atomic E-state index is 14.9. The number of carboxylic acid groups (broad SMARTS) is 1. The van der Waals surface area contributed by atoms with E-state index in [4.69, 9.17) is 15.8 Å². The van der Waals surface area contributed by atoms with E-state index in [2.05, 4.69) is 22.0 Å². The van der Waals surface area contributed by atoms with Crippen molar-refractivity contribution in [1.82, 2.24) is 19.5 Å². The van der Waals surface area contributed by atoms with E-state index in [0.717, 1.165) is 44.0 Å². The number of carbonyl (C=O) groups is 1. The van der Waals surface area contributed by atoms with Crippen LogP contribution in [0.25, 0.3) is 11.0 Å². The maximum Gasteiger partial charge on any atom is 0.335 e. The number of nitriles is 1. The summed E-state index contributed by atoms with van der Waals surface area (Å²) >= 11 is 0. The van der Waals surface area contributed by atoms with Crippen LogP contribution in [0.1, 0.15) is 51.3 Å². The minimum atomic E-state index is -1.20. The summed E-state index contributed by atoms with van der Waals surface area (Å²) in [5.41, 5.74) is 9.64. The second kappa shape index (κ2) is 14.5. The molecule has 11 heteroatoms. The number of hydroxylamine groups is 2. The summed E-state index contributed by atoms with van der Waals surface area (Å²) in [5, 5.41) is 20.1. The lowest BCUT2D eigenvalue weighted by molar-refractivity contribution is -0.263. The highest BCUT2D eigenvalue weighted by Crippen LogP contribution is 2.24. The minimum absolute atomic E-state index is 0.128. The minimum Gasteiger partial charge on any atom is -0.478 e. The Hall–Kier alpha value is -4.21. The smallest absolute Gasteiger partial charge is 0.335 e. The van der Waals surface area contributed by atoms with Crippen molar-refractivity contribution < 1.29 is 23.5 Å². The first-order valence-electron chi connectivity index (χ1n) is 14.8. The summed E-state index contributed by atoms with van der Waals surface area (Å²) in [7, 11) is 0. The zero-order valence-corrected chi connectivity index (χ0v) is 24.5. The monoisotopic (exact) mass is 602 g/mol. The van der Waals surface area contributed by atoms with E-state index in [9.17, 15) is 18.7 Å². The van der Waals surface area contributed by atoms with Gasteiger partial charge in [-0.1, -0.05) is 30.3 Å². The normalized spacial score (nSPS) is 13.3. The van der Waals surface area contributed by atoms with Gasteiger partial charge in [-0.25, -0.2) is 18.6 Å². The van der Waals surface area contributed by atoms with Crippen molar-refractivity contribution in [3.05, 3.63) is 99.9 Å². The lowest BCUT2D eigenvalue weighted by atomic mass is 9.99. The molecule has 1 aromatic heterocycles. The van der Waals surface area contributed by atoms with Crippen molar-refractivity contribution in [3.8, 4) is 6.07 Å². The van der Waals surface area contributed by atoms with E-state index >= 15 is 0 Å². The second-order valence-corrected chi connectivity index (χ2v) is 11.0. The zero-order chi connectivity index (χ0) is 31.1. The molecule has 0 unspecified atom stereocenters. The first-order chi connectivity index (χ1) is 21.3. The van der Waals surface area contributed by atoms with Crippen LogP contribution in [0, 0.1) is 23.0 Å². The average Bonchev–Trinajstić information content (AvgIpc) is 3.33. The number of aromatic nitrogens is 2. The molecule has 0 amide bonds. The number of rotatable bonds is 15. The van der Waals surface area contributed by atoms with Gasteiger partial charge in [-0.15, -0.1) is 0 Å². The number of unbranched alkanes of at least 4 members (excludes halogenated alkanes) is 1. The molecular formula is C33H36F2N6O3. The van der Waals surface area contributed by atoms with E-state index in [1.165, 1.54) is 17.7 Å². The number of hydrogen-bond acceptors (Lipinski definition) is 7. The Kier molecular flexibility index (Phi) is 10.3. The van der Waals surface area contributed by atoms with Crippen molar-refractivity contribution >= 4 is 17.0 Å². The van der Waals surface area contributed by atoms with Crippen molar-refractivity contribution in [3.63, 3.8) is 0 Å². The molecule has 1 saturated heterocycles. The molecule has 0 bridgehead atoms. The van der Waals surface area contributed by atoms with E-state index in [1.54, 1.807) is 17.2 Å². The van der Waals surface area contributed by atoms with Gasteiger partial charge in [0.25, 0.3) is 0 Å². The summed E-state index contributed by atoms with van der Waals surface area (Å²) in [4.78, 5) is 23.8. The SMILES string of the molecule is N#Cc1ccc(CCc2cccc(CCCCN(CCN)Cc3nc4c(F)cc(C(=O)O)cc4n3CN3CCO3)c2)c(F)c1. The highest BCUT2D eigenvalue weighted by Gasteiger charge is 2.23. The molecule has 0 atom stereocenters. The standard InChI is InChI=1S/C33H36F2N6O3/c34-28-17-25(20-37)8-10-26(28)9-7-24-6-3-5-23(16-24)4-1-2-12-39(13-11-36)21-31-38-32-29(35)18-27(33(42)43)19-30(32)41(31)22-40-14-15-44-40/h3,5-6,8,10,16-19H,1-2,4,7,9,11-15,21-22,36H2,(H,42,43). The molecule has 0 aliphatic carbocycles. The van der Waals surface area contributed by atoms with Gasteiger partial charge >= 0.3 is 5.97 Å². The molecule has 230 valence electrons. The van der Waals surface area contributed by atoms with E-state index in [-0.39, 0.29) is 16.9 Å². The van der Waals surface area contributed by atoms with Crippen molar-refractivity contribution in [2.45, 2.75) is 45.3 Å². The second-order valence-electron chi connectivity index (χ2n) is 11.0. The molecule has 4 aromatic rings. The first kappa shape index (κ1) is 31.2. The highest BCUT2D eigenvalue weighted by molar-refractivity contribution is 5.92. The number of nitrogens with two attached hydrogens (primary N) is 1. The molecule has 1 aliphatic rings. The summed E-state index contributed by atoms with van der Waals surface area (Å²) in [5.74, 6) is -1.59. The Morgan fingerprint density at radius 3 is 2.52 bits per heavy atom. The Balaban J connectivity index is 1.20. The van der Waals surface area contributed by atoms with Crippen molar-refractivity contribution in [2.24, 2.45) is 5.73 Å². The largest absolute Gasteiger partial charge is 0.478 e. The fourth-order valence-electron chi connectivity index (χ4n) is 5.48. The molecule has 2 heterocycles. The summed E-state index contributed by atoms with van der Waals surface area (Å²) in [6.45, 7) is 3.93. The quantitative estimate of drug-likeness (QED) is 0.189. The van der Waals surface area contributed by atoms with Gasteiger partial charge in [0.2, 0.25) is 0 Å². The van der Waals surface area contributed by atoms with Gasteiger partial charge in [0.1, 0.15) is 23.8 Å². The van der Waals surface area contributed by atoms with Gasteiger partial charge < -0.3 is 15.4 Å². The third-order valence-electron chi connectivity index (χ3n) is 7.90. The van der Waals surface area contributed by atoms with Crippen molar-refractivity contribution in [1.29, 1.82) is 5.26 Å². The zero-order valence-electron chi connectivity index (χ0n) is 24.5. The van der Waals surface area contributed by atoms with E-state index in [1.807, 2.05) is 22.8 Å². The van der Waals surface area contributed by atoms with Crippen molar-refractivity contribution in [2.75, 3.05) is 32.8 Å². The van der Waals surface area contributed by atoms with Crippen LogP contribution in [0.4, 0.5) is 8.78 Å². The number of halogens is 2. The van der Waals surface area contributed by atoms with Crippen LogP contribution in [0.3, 0.4) is 0 Å². The molecule has 1 fully saturated rings. The summed E-state index contributed by atoms with van der Waals surface area (Å²) < 4.78 is 31.0. The topological polar surface area (TPSA) is 121 Å². The molecule has 1 aliphatic heterocycles. The predicted octanol–water partition coefficient (Wildman–Crippen LogP) is 4.66. The number of nitrogens with zero attached hydrogens (tertiary/aromatic N) is 5. The van der Waals surface area contributed by atoms with E-state index < -0.39 is 11.8 Å². The predicted molar refractivity (Wildman–Crippen MR) is 162 cm³/mol. The van der Waals surface area contributed by atoms with Crippen LogP contribution < -0.4 is 5.73 Å². The fraction of sp³-hybridized carbons (Fsp3) is 0.364. The molecule has 9 nitrogen and oxygen atoms in total. The Morgan fingerprint density at radius 1 is 1.05 bits per heavy atom. The molecule has 3 N–H and O–H groups in total. The maximum atomic E-state index is 14.9. The van der Waals surface area contributed by atoms with Crippen LogP contribution in [-0.4, -0.2) is 63.4 Å². The Labute approximate surface area is 255 Å². The van der Waals surface area contributed by atoms with Gasteiger partial charge in [-0.3, -0.25) is 9.74 Å². The van der Waals surface area contributed by atoms with Gasteiger partial charge in [0.15, 0.2) is 5.82 Å². The third kappa shape index (κ3) is 7.65. The van der Waals surface area contributed by atoms with Crippen LogP contribution in [0.15, 0.2) is 54.6 Å². The van der Waals surface area contributed by atoms with Crippen LogP contribution >= 0.6 is 0 Å². The molecular weight excluding hydrogens is 566 g/mol. The van der Waals surface area contributed by atoms with Crippen LogP contribution in [-0.2, 0) is 37.3 Å². The van der Waals surface area contributed by atoms with Gasteiger partial charge in [-0.05, 0) is 79.6 Å². The number of benzene rings is 3. The summed E-state index contributed by atoms with van der Waals surface area (Å²) in [6, 6.07) is 17.4. The van der Waals surface area contributed by atoms with Gasteiger partial charge in [0, 0.05) is 13.1 Å². The molecule has 3 aromatic carbocycles. The fourth-order valence-corrected chi connectivity index (χ4v) is 5.48. The lowest BCUT2D eigenvalue weighted by Gasteiger charge is -2.31. The Bertz CT molecular complexity index is 1660. The number of aryl methyl sites for hydroxylation is 3. The third-order valence-corrected chi connectivity index (χ3v) is 7.90. The molecule has 44 heavy (non-hydrogen) atoms. The number of imidazole rings is 1. The molecule has 0 radical (unpaired) electrons. The number of carboxylic acids is 1. The summed E-state index contributed by atoms with van der Waals surface area (Å²) in [6.07, 6.45) is 4.02. The van der Waals surface area contributed by atoms with Crippen LogP contribution in [0.5, 0.6) is 0 Å². The van der Waals surface area contributed by atoms with E-state index in [0.29, 0.717) is 68.2 Å². The average molecular weight is 603 g/mol. The van der Waals surface area contributed by atoms with Crippen LogP contribution in [0.2, 0.25) is 0 Å². The number of aromatic carboxylic acids is 1. The number of hydrogen-bond donors (Lipinski definition) is 2. The first-order valence-corrected chi connectivity index (χ1v) is 14.8. The lowest BCUT2D eigenvalue weighted by Crippen LogP contribution is -2.41. The molecule has 0 saturated carbocycles. The number of fused-ring (bicyclic) bond motifs is 1.